The van der Waals surface area contributed by atoms with Crippen LogP contribution in [0.15, 0.2) is 18.2 Å². The monoisotopic (exact) mass is 449 g/mol. The Morgan fingerprint density at radius 1 is 1.25 bits per heavy atom. The first-order chi connectivity index (χ1) is 9.20. The summed E-state index contributed by atoms with van der Waals surface area (Å²) in [4.78, 5) is 0. The lowest BCUT2D eigenvalue weighted by Crippen LogP contribution is -2.36. The molecule has 0 atom stereocenters. The van der Waals surface area contributed by atoms with Crippen molar-refractivity contribution in [2.75, 3.05) is 16.2 Å². The average molecular weight is 450 g/mol. The molecule has 20 heavy (non-hydrogen) atoms. The molecule has 0 radical (unpaired) electrons. The first-order valence-electron chi connectivity index (χ1n) is 5.87. The number of anilines is 1. The summed E-state index contributed by atoms with van der Waals surface area (Å²) in [5.74, 6) is -0.169. The summed E-state index contributed by atoms with van der Waals surface area (Å²) in [5, 5.41) is -0.370. The van der Waals surface area contributed by atoms with E-state index in [1.165, 1.54) is 0 Å². The van der Waals surface area contributed by atoms with Crippen LogP contribution < -0.4 is 4.72 Å². The molecule has 0 bridgehead atoms. The van der Waals surface area contributed by atoms with Crippen molar-refractivity contribution < 1.29 is 16.8 Å². The van der Waals surface area contributed by atoms with E-state index in [9.17, 15) is 16.8 Å². The Morgan fingerprint density at radius 2 is 1.85 bits per heavy atom. The van der Waals surface area contributed by atoms with E-state index < -0.39 is 25.1 Å². The average Bonchev–Trinajstić information content (AvgIpc) is 2.32. The van der Waals surface area contributed by atoms with Crippen LogP contribution in [0.4, 0.5) is 5.69 Å². The number of nitrogens with one attached hydrogen (secondary N) is 1. The number of sulfone groups is 1. The van der Waals surface area contributed by atoms with Crippen LogP contribution in [-0.4, -0.2) is 33.6 Å². The fraction of sp³-hybridized carbons (Fsp3) is 0.455. The van der Waals surface area contributed by atoms with Crippen molar-refractivity contribution >= 4 is 59.7 Å². The van der Waals surface area contributed by atoms with Crippen LogP contribution in [0, 0.1) is 3.57 Å². The van der Waals surface area contributed by atoms with Gasteiger partial charge in [0.1, 0.15) is 9.84 Å². The third kappa shape index (κ3) is 3.99. The van der Waals surface area contributed by atoms with Crippen LogP contribution in [0.3, 0.4) is 0 Å². The van der Waals surface area contributed by atoms with Crippen molar-refractivity contribution in [3.63, 3.8) is 0 Å². The smallest absolute Gasteiger partial charge is 0.235 e. The maximum absolute atomic E-state index is 12.2. The van der Waals surface area contributed by atoms with Crippen molar-refractivity contribution in [3.8, 4) is 0 Å². The fourth-order valence-electron chi connectivity index (χ4n) is 1.99. The van der Waals surface area contributed by atoms with Crippen molar-refractivity contribution in [2.45, 2.75) is 18.1 Å². The largest absolute Gasteiger partial charge is 0.282 e. The Balaban J connectivity index is 2.16. The van der Waals surface area contributed by atoms with Gasteiger partial charge in [0.15, 0.2) is 0 Å². The van der Waals surface area contributed by atoms with Gasteiger partial charge >= 0.3 is 0 Å². The van der Waals surface area contributed by atoms with E-state index in [2.05, 4.69) is 27.3 Å². The molecule has 112 valence electrons. The van der Waals surface area contributed by atoms with E-state index in [1.807, 2.05) is 0 Å². The van der Waals surface area contributed by atoms with Gasteiger partial charge < -0.3 is 0 Å². The Morgan fingerprint density at radius 3 is 2.40 bits per heavy atom. The molecule has 0 aromatic heterocycles. The third-order valence-corrected chi connectivity index (χ3v) is 7.68. The van der Waals surface area contributed by atoms with E-state index in [0.717, 1.165) is 3.57 Å². The van der Waals surface area contributed by atoms with Gasteiger partial charge in [-0.2, -0.15) is 0 Å². The van der Waals surface area contributed by atoms with Crippen LogP contribution in [-0.2, 0) is 19.9 Å². The van der Waals surface area contributed by atoms with Gasteiger partial charge in [0.05, 0.1) is 27.5 Å². The molecule has 1 aromatic rings. The lowest BCUT2D eigenvalue weighted by molar-refractivity contribution is 0.555. The molecular formula is C11H13ClINO4S2. The second kappa shape index (κ2) is 5.98. The predicted octanol–water partition coefficient (Wildman–Crippen LogP) is 2.26. The highest BCUT2D eigenvalue weighted by Crippen LogP contribution is 2.27. The van der Waals surface area contributed by atoms with Crippen LogP contribution in [0.5, 0.6) is 0 Å². The molecule has 0 unspecified atom stereocenters. The molecule has 0 spiro atoms. The van der Waals surface area contributed by atoms with Crippen molar-refractivity contribution in [2.24, 2.45) is 0 Å². The highest BCUT2D eigenvalue weighted by molar-refractivity contribution is 14.1. The number of rotatable bonds is 3. The Labute approximate surface area is 137 Å². The van der Waals surface area contributed by atoms with Gasteiger partial charge in [-0.15, -0.1) is 0 Å². The first kappa shape index (κ1) is 16.3. The number of sulfonamides is 1. The van der Waals surface area contributed by atoms with Gasteiger partial charge in [0.25, 0.3) is 0 Å². The lowest BCUT2D eigenvalue weighted by Gasteiger charge is -2.23. The fourth-order valence-corrected chi connectivity index (χ4v) is 6.24. The molecule has 0 aliphatic carbocycles. The third-order valence-electron chi connectivity index (χ3n) is 3.12. The minimum Gasteiger partial charge on any atom is -0.282 e. The van der Waals surface area contributed by atoms with Gasteiger partial charge in [-0.1, -0.05) is 11.6 Å². The van der Waals surface area contributed by atoms with Crippen molar-refractivity contribution in [3.05, 3.63) is 26.8 Å². The first-order valence-corrected chi connectivity index (χ1v) is 10.7. The molecule has 0 amide bonds. The topological polar surface area (TPSA) is 80.3 Å². The number of hydrogen-bond acceptors (Lipinski definition) is 4. The Bertz CT molecular complexity index is 704. The molecule has 1 aliphatic rings. The minimum atomic E-state index is -3.62. The van der Waals surface area contributed by atoms with Crippen LogP contribution in [0.2, 0.25) is 5.02 Å². The molecule has 1 aromatic carbocycles. The van der Waals surface area contributed by atoms with Crippen molar-refractivity contribution in [1.82, 2.24) is 0 Å². The zero-order valence-corrected chi connectivity index (χ0v) is 14.9. The van der Waals surface area contributed by atoms with Gasteiger partial charge in [-0.05, 0) is 53.6 Å². The summed E-state index contributed by atoms with van der Waals surface area (Å²) >= 11 is 8.07. The summed E-state index contributed by atoms with van der Waals surface area (Å²) in [5.41, 5.74) is 0.320. The van der Waals surface area contributed by atoms with E-state index in [1.54, 1.807) is 18.2 Å². The number of halogens is 2. The molecular weight excluding hydrogens is 437 g/mol. The number of benzene rings is 1. The lowest BCUT2D eigenvalue weighted by atomic mass is 10.2. The molecule has 2 rings (SSSR count). The minimum absolute atomic E-state index is 0.0843. The summed E-state index contributed by atoms with van der Waals surface area (Å²) < 4.78 is 50.5. The molecule has 1 aliphatic heterocycles. The standard InChI is InChI=1S/C11H13ClINO4S2/c12-10-7-8(13)1-2-11(10)14-20(17,18)9-3-5-19(15,16)6-4-9/h1-2,7,9,14H,3-6H2. The Hall–Kier alpha value is -0.0600. The Kier molecular flexibility index (Phi) is 4.87. The number of hydrogen-bond donors (Lipinski definition) is 1. The normalized spacial score (nSPS) is 19.7. The molecule has 1 fully saturated rings. The SMILES string of the molecule is O=S1(=O)CCC(S(=O)(=O)Nc2ccc(I)cc2Cl)CC1. The summed E-state index contributed by atoms with van der Waals surface area (Å²) in [6, 6.07) is 5.00. The summed E-state index contributed by atoms with van der Waals surface area (Å²) in [7, 11) is -6.71. The molecule has 1 saturated heterocycles. The van der Waals surface area contributed by atoms with Crippen LogP contribution in [0.1, 0.15) is 12.8 Å². The van der Waals surface area contributed by atoms with Crippen molar-refractivity contribution in [1.29, 1.82) is 0 Å². The quantitative estimate of drug-likeness (QED) is 0.718. The van der Waals surface area contributed by atoms with Gasteiger partial charge in [-0.25, -0.2) is 16.8 Å². The van der Waals surface area contributed by atoms with Crippen LogP contribution >= 0.6 is 34.2 Å². The molecule has 9 heteroatoms. The molecule has 5 nitrogen and oxygen atoms in total. The molecule has 1 N–H and O–H groups in total. The maximum atomic E-state index is 12.2. The van der Waals surface area contributed by atoms with E-state index in [-0.39, 0.29) is 24.3 Å². The van der Waals surface area contributed by atoms with E-state index in [0.29, 0.717) is 10.7 Å². The molecule has 0 saturated carbocycles. The van der Waals surface area contributed by atoms with Gasteiger partial charge in [0.2, 0.25) is 10.0 Å². The second-order valence-corrected chi connectivity index (χ2v) is 10.5. The maximum Gasteiger partial charge on any atom is 0.235 e. The molecule has 1 heterocycles. The predicted molar refractivity (Wildman–Crippen MR) is 88.4 cm³/mol. The van der Waals surface area contributed by atoms with Crippen LogP contribution in [0.25, 0.3) is 0 Å². The summed E-state index contributed by atoms with van der Waals surface area (Å²) in [6.45, 7) is 0. The highest BCUT2D eigenvalue weighted by Gasteiger charge is 2.33. The zero-order chi connectivity index (χ0) is 15.0. The second-order valence-electron chi connectivity index (χ2n) is 4.62. The zero-order valence-electron chi connectivity index (χ0n) is 10.3. The van der Waals surface area contributed by atoms with Gasteiger partial charge in [0, 0.05) is 3.57 Å². The summed E-state index contributed by atoms with van der Waals surface area (Å²) in [6.07, 6.45) is 0.249. The highest BCUT2D eigenvalue weighted by atomic mass is 127. The van der Waals surface area contributed by atoms with E-state index in [4.69, 9.17) is 11.6 Å². The van der Waals surface area contributed by atoms with E-state index >= 15 is 0 Å². The van der Waals surface area contributed by atoms with Gasteiger partial charge in [-0.3, -0.25) is 4.72 Å².